The van der Waals surface area contributed by atoms with Crippen molar-refractivity contribution < 1.29 is 32.5 Å². The second-order valence-electron chi connectivity index (χ2n) is 14.5. The largest absolute Gasteiger partial charge is 0.392 e. The maximum Gasteiger partial charge on any atom is 0.241 e. The summed E-state index contributed by atoms with van der Waals surface area (Å²) in [7, 11) is -3.96. The first kappa shape index (κ1) is 39.5. The number of rotatable bonds is 14. The van der Waals surface area contributed by atoms with Crippen LogP contribution in [0, 0.1) is 6.92 Å². The van der Waals surface area contributed by atoms with Crippen LogP contribution in [-0.4, -0.2) is 69.3 Å². The standard InChI is InChI=1S/C45H49N3O7S/c1-32-13-19-41(20-14-32)56(51,52)47-42(26-33-7-3-2-4-8-33)44(50)46-29-35-9-5-10-37(25-35)38-11-6-12-39(27-38)45-54-40(30-48-21-23-53-24-22-48)28-43(55-45)36-17-15-34(31-49)16-18-36/h2-20,25,27,40,42-43,45,47,49H,21-24,26,28-31H2,1H3,(H,46,50)/t40-,42+,43+,45+/m0/s1. The minimum Gasteiger partial charge on any atom is -0.392 e. The lowest BCUT2D eigenvalue weighted by atomic mass is 9.98. The third-order valence-electron chi connectivity index (χ3n) is 10.3. The highest BCUT2D eigenvalue weighted by Gasteiger charge is 2.34. The molecule has 2 fully saturated rings. The van der Waals surface area contributed by atoms with Crippen LogP contribution in [-0.2, 0) is 48.6 Å². The fourth-order valence-corrected chi connectivity index (χ4v) is 8.35. The first-order valence-corrected chi connectivity index (χ1v) is 20.6. The number of aryl methyl sites for hydroxylation is 1. The average molecular weight is 776 g/mol. The maximum atomic E-state index is 13.7. The van der Waals surface area contributed by atoms with Crippen molar-refractivity contribution in [1.29, 1.82) is 0 Å². The number of sulfonamides is 1. The van der Waals surface area contributed by atoms with E-state index in [0.717, 1.165) is 64.1 Å². The Kier molecular flexibility index (Phi) is 13.0. The number of nitrogens with zero attached hydrogens (tertiary/aromatic N) is 1. The van der Waals surface area contributed by atoms with Crippen molar-refractivity contribution in [2.24, 2.45) is 0 Å². The van der Waals surface area contributed by atoms with Gasteiger partial charge in [-0.05, 0) is 71.0 Å². The van der Waals surface area contributed by atoms with Gasteiger partial charge in [-0.2, -0.15) is 4.72 Å². The molecule has 0 saturated carbocycles. The summed E-state index contributed by atoms with van der Waals surface area (Å²) in [6.45, 7) is 6.02. The Hall–Kier alpha value is -4.72. The van der Waals surface area contributed by atoms with Gasteiger partial charge in [-0.3, -0.25) is 9.69 Å². The molecular formula is C45H49N3O7S. The van der Waals surface area contributed by atoms with Gasteiger partial charge in [0.1, 0.15) is 6.04 Å². The fraction of sp³-hybridized carbons (Fsp3) is 0.311. The highest BCUT2D eigenvalue weighted by molar-refractivity contribution is 7.89. The molecular weight excluding hydrogens is 727 g/mol. The van der Waals surface area contributed by atoms with Crippen LogP contribution in [0.5, 0.6) is 0 Å². The lowest BCUT2D eigenvalue weighted by Crippen LogP contribution is -2.47. The van der Waals surface area contributed by atoms with Crippen molar-refractivity contribution in [1.82, 2.24) is 14.9 Å². The van der Waals surface area contributed by atoms with Crippen LogP contribution in [0.3, 0.4) is 0 Å². The normalized spacial score (nSPS) is 19.6. The minimum atomic E-state index is -3.96. The SMILES string of the molecule is Cc1ccc(S(=O)(=O)N[C@H](Cc2ccccc2)C(=O)NCc2cccc(-c3cccc([C@@H]4O[C@H](CN5CCOCC5)C[C@H](c5ccc(CO)cc5)O4)c3)c2)cc1. The van der Waals surface area contributed by atoms with E-state index in [0.29, 0.717) is 19.6 Å². The monoisotopic (exact) mass is 775 g/mol. The summed E-state index contributed by atoms with van der Waals surface area (Å²) in [5.74, 6) is -0.421. The molecule has 10 nitrogen and oxygen atoms in total. The number of nitrogens with one attached hydrogen (secondary N) is 2. The molecule has 0 bridgehead atoms. The van der Waals surface area contributed by atoms with Gasteiger partial charge in [0.2, 0.25) is 15.9 Å². The van der Waals surface area contributed by atoms with E-state index in [9.17, 15) is 18.3 Å². The van der Waals surface area contributed by atoms with Crippen LogP contribution in [0.25, 0.3) is 11.1 Å². The Morgan fingerprint density at radius 1 is 0.786 bits per heavy atom. The number of hydrogen-bond acceptors (Lipinski definition) is 8. The fourth-order valence-electron chi connectivity index (χ4n) is 7.15. The molecule has 2 heterocycles. The van der Waals surface area contributed by atoms with Gasteiger partial charge in [-0.15, -0.1) is 0 Å². The van der Waals surface area contributed by atoms with Crippen molar-refractivity contribution in [3.63, 3.8) is 0 Å². The summed E-state index contributed by atoms with van der Waals surface area (Å²) < 4.78 is 48.2. The molecule has 0 aliphatic carbocycles. The van der Waals surface area contributed by atoms with E-state index >= 15 is 0 Å². The summed E-state index contributed by atoms with van der Waals surface area (Å²) >= 11 is 0. The van der Waals surface area contributed by atoms with E-state index in [-0.39, 0.29) is 36.7 Å². The Morgan fingerprint density at radius 2 is 1.48 bits per heavy atom. The average Bonchev–Trinajstić information content (AvgIpc) is 3.23. The van der Waals surface area contributed by atoms with Gasteiger partial charge in [-0.25, -0.2) is 8.42 Å². The number of amides is 1. The molecule has 1 amide bonds. The van der Waals surface area contributed by atoms with Crippen molar-refractivity contribution in [2.45, 2.75) is 62.4 Å². The first-order valence-electron chi connectivity index (χ1n) is 19.1. The summed E-state index contributed by atoms with van der Waals surface area (Å²) in [6, 6.07) is 38.9. The molecule has 11 heteroatoms. The number of benzene rings is 5. The van der Waals surface area contributed by atoms with Gasteiger partial charge >= 0.3 is 0 Å². The molecule has 3 N–H and O–H groups in total. The summed E-state index contributed by atoms with van der Waals surface area (Å²) in [5, 5.41) is 12.6. The number of morpholine rings is 1. The van der Waals surface area contributed by atoms with Crippen molar-refractivity contribution >= 4 is 15.9 Å². The number of aliphatic hydroxyl groups excluding tert-OH is 1. The number of hydrogen-bond donors (Lipinski definition) is 3. The Morgan fingerprint density at radius 3 is 2.21 bits per heavy atom. The first-order chi connectivity index (χ1) is 27.2. The summed E-state index contributed by atoms with van der Waals surface area (Å²) in [4.78, 5) is 16.2. The van der Waals surface area contributed by atoms with E-state index in [1.807, 2.05) is 104 Å². The molecule has 0 aromatic heterocycles. The predicted octanol–water partition coefficient (Wildman–Crippen LogP) is 6.24. The molecule has 0 spiro atoms. The third-order valence-corrected chi connectivity index (χ3v) is 11.8. The van der Waals surface area contributed by atoms with E-state index < -0.39 is 28.3 Å². The molecule has 2 aliphatic rings. The molecule has 7 rings (SSSR count). The highest BCUT2D eigenvalue weighted by atomic mass is 32.2. The van der Waals surface area contributed by atoms with Crippen LogP contribution in [0.4, 0.5) is 0 Å². The lowest BCUT2D eigenvalue weighted by molar-refractivity contribution is -0.253. The molecule has 5 aromatic rings. The number of carbonyl (C=O) groups is 1. The Bertz CT molecular complexity index is 2160. The number of ether oxygens (including phenoxy) is 3. The van der Waals surface area contributed by atoms with Crippen LogP contribution in [0.2, 0.25) is 0 Å². The van der Waals surface area contributed by atoms with E-state index in [1.54, 1.807) is 24.3 Å². The zero-order valence-corrected chi connectivity index (χ0v) is 32.4. The van der Waals surface area contributed by atoms with Gasteiger partial charge in [0, 0.05) is 38.2 Å². The second kappa shape index (κ2) is 18.5. The van der Waals surface area contributed by atoms with Crippen molar-refractivity contribution in [2.75, 3.05) is 32.8 Å². The highest BCUT2D eigenvalue weighted by Crippen LogP contribution is 2.39. The zero-order chi connectivity index (χ0) is 38.9. The van der Waals surface area contributed by atoms with Crippen LogP contribution < -0.4 is 10.0 Å². The molecule has 292 valence electrons. The van der Waals surface area contributed by atoms with Gasteiger partial charge in [-0.1, -0.05) is 109 Å². The van der Waals surface area contributed by atoms with Crippen molar-refractivity contribution in [3.05, 3.63) is 161 Å². The van der Waals surface area contributed by atoms with Gasteiger partial charge in [0.25, 0.3) is 0 Å². The smallest absolute Gasteiger partial charge is 0.241 e. The summed E-state index contributed by atoms with van der Waals surface area (Å²) in [5.41, 5.74) is 7.36. The van der Waals surface area contributed by atoms with Crippen LogP contribution in [0.1, 0.15) is 52.2 Å². The molecule has 2 saturated heterocycles. The number of aliphatic hydroxyl groups is 1. The molecule has 5 aromatic carbocycles. The van der Waals surface area contributed by atoms with Crippen LogP contribution >= 0.6 is 0 Å². The van der Waals surface area contributed by atoms with E-state index in [1.165, 1.54) is 0 Å². The quantitative estimate of drug-likeness (QED) is 0.121. The van der Waals surface area contributed by atoms with E-state index in [2.05, 4.69) is 21.0 Å². The molecule has 0 unspecified atom stereocenters. The molecule has 56 heavy (non-hydrogen) atoms. The molecule has 2 aliphatic heterocycles. The number of carbonyl (C=O) groups excluding carboxylic acids is 1. The van der Waals surface area contributed by atoms with Gasteiger partial charge < -0.3 is 24.6 Å². The van der Waals surface area contributed by atoms with Gasteiger partial charge in [0.15, 0.2) is 6.29 Å². The Labute approximate surface area is 329 Å². The zero-order valence-electron chi connectivity index (χ0n) is 31.5. The van der Waals surface area contributed by atoms with Crippen LogP contribution in [0.15, 0.2) is 132 Å². The molecule has 4 atom stereocenters. The summed E-state index contributed by atoms with van der Waals surface area (Å²) in [6.07, 6.45) is 0.0643. The lowest BCUT2D eigenvalue weighted by Gasteiger charge is -2.39. The predicted molar refractivity (Wildman–Crippen MR) is 215 cm³/mol. The maximum absolute atomic E-state index is 13.7. The van der Waals surface area contributed by atoms with Gasteiger partial charge in [0.05, 0.1) is 36.9 Å². The second-order valence-corrected chi connectivity index (χ2v) is 16.2. The Balaban J connectivity index is 1.06. The third kappa shape index (κ3) is 10.4. The van der Waals surface area contributed by atoms with E-state index in [4.69, 9.17) is 14.2 Å². The molecule has 0 radical (unpaired) electrons. The minimum absolute atomic E-state index is 0.0115. The topological polar surface area (TPSA) is 126 Å². The van der Waals surface area contributed by atoms with Crippen molar-refractivity contribution in [3.8, 4) is 11.1 Å².